The number of aromatic nitrogens is 2. The molecule has 0 atom stereocenters. The molecular formula is C16H19N3O3S. The zero-order chi connectivity index (χ0) is 17.0. The maximum Gasteiger partial charge on any atom is 0.302 e. The fourth-order valence-corrected chi connectivity index (χ4v) is 2.68. The van der Waals surface area contributed by atoms with E-state index in [4.69, 9.17) is 0 Å². The zero-order valence-electron chi connectivity index (χ0n) is 13.2. The van der Waals surface area contributed by atoms with Crippen LogP contribution in [0.4, 0.5) is 5.82 Å². The van der Waals surface area contributed by atoms with Crippen LogP contribution in [0.3, 0.4) is 0 Å². The van der Waals surface area contributed by atoms with Crippen molar-refractivity contribution in [2.75, 3.05) is 12.4 Å². The molecule has 2 N–H and O–H groups in total. The van der Waals surface area contributed by atoms with Crippen LogP contribution in [0.25, 0.3) is 10.9 Å². The van der Waals surface area contributed by atoms with Crippen molar-refractivity contribution < 1.29 is 17.7 Å². The zero-order valence-corrected chi connectivity index (χ0v) is 14.0. The maximum atomic E-state index is 10.4. The van der Waals surface area contributed by atoms with Crippen LogP contribution in [0.2, 0.25) is 0 Å². The van der Waals surface area contributed by atoms with E-state index >= 15 is 0 Å². The molecule has 3 rings (SSSR count). The highest BCUT2D eigenvalue weighted by molar-refractivity contribution is 7.85. The molecule has 0 unspecified atom stereocenters. The van der Waals surface area contributed by atoms with E-state index in [0.717, 1.165) is 16.9 Å². The lowest BCUT2D eigenvalue weighted by molar-refractivity contribution is -0.711. The number of nitrogens with zero attached hydrogens (tertiary/aromatic N) is 1. The average molecular weight is 333 g/mol. The van der Waals surface area contributed by atoms with E-state index < -0.39 is 10.1 Å². The number of fused-ring (bicyclic) bond motifs is 1. The number of aryl methyl sites for hydroxylation is 2. The number of rotatable bonds is 2. The van der Waals surface area contributed by atoms with Gasteiger partial charge in [0.25, 0.3) is 0 Å². The first-order chi connectivity index (χ1) is 10.8. The first-order valence-corrected chi connectivity index (χ1v) is 8.41. The summed E-state index contributed by atoms with van der Waals surface area (Å²) in [7, 11) is -0.351. The summed E-state index contributed by atoms with van der Waals surface area (Å²) in [6, 6.07) is 14.0. The van der Waals surface area contributed by atoms with Crippen molar-refractivity contribution in [1.29, 1.82) is 0 Å². The van der Waals surface area contributed by atoms with Crippen LogP contribution >= 0.6 is 0 Å². The van der Waals surface area contributed by atoms with Crippen LogP contribution < -0.4 is 10.00 Å². The summed E-state index contributed by atoms with van der Waals surface area (Å²) in [5.74, 6) is 1.12. The van der Waals surface area contributed by atoms with Gasteiger partial charge in [0.15, 0.2) is 0 Å². The molecule has 0 aliphatic heterocycles. The number of benzene rings is 2. The lowest BCUT2D eigenvalue weighted by Gasteiger charge is -2.05. The number of para-hydroxylation sites is 1. The van der Waals surface area contributed by atoms with E-state index in [-0.39, 0.29) is 4.90 Å². The minimum Gasteiger partial charge on any atom is -0.744 e. The molecule has 1 aromatic heterocycles. The van der Waals surface area contributed by atoms with Gasteiger partial charge < -0.3 is 4.55 Å². The van der Waals surface area contributed by atoms with Gasteiger partial charge in [-0.2, -0.15) is 4.68 Å². The molecule has 3 aromatic rings. The smallest absolute Gasteiger partial charge is 0.302 e. The molecule has 0 spiro atoms. The summed E-state index contributed by atoms with van der Waals surface area (Å²) >= 11 is 0. The molecule has 0 saturated carbocycles. The molecule has 0 bridgehead atoms. The molecule has 7 heteroatoms. The summed E-state index contributed by atoms with van der Waals surface area (Å²) in [5.41, 5.74) is 2.08. The van der Waals surface area contributed by atoms with Gasteiger partial charge in [-0.1, -0.05) is 29.8 Å². The molecule has 0 aliphatic rings. The Morgan fingerprint density at radius 1 is 1.09 bits per heavy atom. The van der Waals surface area contributed by atoms with E-state index in [9.17, 15) is 13.0 Å². The van der Waals surface area contributed by atoms with Crippen LogP contribution in [0, 0.1) is 6.92 Å². The average Bonchev–Trinajstić information content (AvgIpc) is 2.82. The van der Waals surface area contributed by atoms with Gasteiger partial charge in [0, 0.05) is 0 Å². The van der Waals surface area contributed by atoms with E-state index in [1.165, 1.54) is 17.5 Å². The summed E-state index contributed by atoms with van der Waals surface area (Å²) in [6.07, 6.45) is 0. The highest BCUT2D eigenvalue weighted by Gasteiger charge is 2.10. The summed E-state index contributed by atoms with van der Waals surface area (Å²) < 4.78 is 33.1. The Hall–Kier alpha value is -2.38. The maximum absolute atomic E-state index is 10.4. The second-order valence-corrected chi connectivity index (χ2v) is 6.46. The van der Waals surface area contributed by atoms with Gasteiger partial charge in [0.2, 0.25) is 0 Å². The van der Waals surface area contributed by atoms with Crippen LogP contribution in [-0.2, 0) is 17.2 Å². The molecule has 2 aromatic carbocycles. The van der Waals surface area contributed by atoms with Crippen molar-refractivity contribution in [3.8, 4) is 0 Å². The second kappa shape index (κ2) is 6.80. The molecule has 122 valence electrons. The van der Waals surface area contributed by atoms with Crippen LogP contribution in [0.5, 0.6) is 0 Å². The molecule has 0 fully saturated rings. The Morgan fingerprint density at radius 2 is 1.70 bits per heavy atom. The third kappa shape index (κ3) is 4.08. The van der Waals surface area contributed by atoms with E-state index in [0.29, 0.717) is 0 Å². The Kier molecular flexibility index (Phi) is 5.02. The van der Waals surface area contributed by atoms with Gasteiger partial charge >= 0.3 is 5.82 Å². The number of aromatic amines is 1. The fraction of sp³-hybridized carbons (Fsp3) is 0.188. The first-order valence-electron chi connectivity index (χ1n) is 7.00. The largest absolute Gasteiger partial charge is 0.744 e. The number of H-pyrrole nitrogens is 1. The molecule has 23 heavy (non-hydrogen) atoms. The Bertz CT molecular complexity index is 900. The normalized spacial score (nSPS) is 11.0. The molecule has 1 heterocycles. The number of hydrogen-bond acceptors (Lipinski definition) is 4. The van der Waals surface area contributed by atoms with Crippen LogP contribution in [0.15, 0.2) is 53.4 Å². The second-order valence-electron chi connectivity index (χ2n) is 5.08. The first kappa shape index (κ1) is 17.0. The monoisotopic (exact) mass is 333 g/mol. The van der Waals surface area contributed by atoms with Gasteiger partial charge in [-0.25, -0.2) is 13.5 Å². The molecule has 0 radical (unpaired) electrons. The predicted octanol–water partition coefficient (Wildman–Crippen LogP) is 1.93. The van der Waals surface area contributed by atoms with Crippen molar-refractivity contribution >= 4 is 26.8 Å². The van der Waals surface area contributed by atoms with Crippen molar-refractivity contribution in [1.82, 2.24) is 5.10 Å². The Balaban J connectivity index is 0.000000168. The fourth-order valence-electron chi connectivity index (χ4n) is 2.21. The number of nitrogens with one attached hydrogen (secondary N) is 2. The van der Waals surface area contributed by atoms with Crippen molar-refractivity contribution in [3.63, 3.8) is 0 Å². The molecular weight excluding hydrogens is 314 g/mol. The number of anilines is 1. The standard InChI is InChI=1S/C9H11N3.C7H8O3S/c1-10-9-7-5-3-4-6-8(7)11-12(9)2;1-6-2-4-7(5-3-6)11(8,9)10/h3-6H,1-2H3,(H,10,11);2-5H,1H3,(H,8,9,10). The predicted molar refractivity (Wildman–Crippen MR) is 88.2 cm³/mol. The summed E-state index contributed by atoms with van der Waals surface area (Å²) in [6.45, 7) is 1.82. The van der Waals surface area contributed by atoms with Crippen LogP contribution in [0.1, 0.15) is 5.56 Å². The van der Waals surface area contributed by atoms with Gasteiger partial charge in [-0.15, -0.1) is 0 Å². The third-order valence-electron chi connectivity index (χ3n) is 3.35. The van der Waals surface area contributed by atoms with E-state index in [2.05, 4.69) is 22.5 Å². The molecule has 0 saturated heterocycles. The highest BCUT2D eigenvalue weighted by Crippen LogP contribution is 2.16. The van der Waals surface area contributed by atoms with Crippen molar-refractivity contribution in [3.05, 3.63) is 54.1 Å². The SMILES string of the molecule is CNc1c2ccccc2[nH][n+]1C.Cc1ccc(S(=O)(=O)[O-])cc1. The Morgan fingerprint density at radius 3 is 2.26 bits per heavy atom. The lowest BCUT2D eigenvalue weighted by atomic mass is 10.2. The Labute approximate surface area is 135 Å². The van der Waals surface area contributed by atoms with Gasteiger partial charge in [0.1, 0.15) is 17.2 Å². The third-order valence-corrected chi connectivity index (χ3v) is 4.20. The number of hydrogen-bond donors (Lipinski definition) is 2. The minimum atomic E-state index is -4.27. The van der Waals surface area contributed by atoms with Gasteiger partial charge in [-0.05, 0) is 31.2 Å². The van der Waals surface area contributed by atoms with E-state index in [1.54, 1.807) is 12.1 Å². The molecule has 6 nitrogen and oxygen atoms in total. The topological polar surface area (TPSA) is 88.9 Å². The van der Waals surface area contributed by atoms with Crippen molar-refractivity contribution in [2.24, 2.45) is 7.05 Å². The van der Waals surface area contributed by atoms with Gasteiger partial charge in [-0.3, -0.25) is 5.32 Å². The molecule has 0 amide bonds. The summed E-state index contributed by atoms with van der Waals surface area (Å²) in [5, 5.41) is 7.61. The highest BCUT2D eigenvalue weighted by atomic mass is 32.2. The summed E-state index contributed by atoms with van der Waals surface area (Å²) in [4.78, 5) is -0.178. The quantitative estimate of drug-likeness (QED) is 0.554. The van der Waals surface area contributed by atoms with Gasteiger partial charge in [0.05, 0.1) is 22.8 Å². The lowest BCUT2D eigenvalue weighted by Crippen LogP contribution is -2.32. The van der Waals surface area contributed by atoms with Crippen molar-refractivity contribution in [2.45, 2.75) is 11.8 Å². The van der Waals surface area contributed by atoms with E-state index in [1.807, 2.05) is 37.8 Å². The minimum absolute atomic E-state index is 0.178. The van der Waals surface area contributed by atoms with Crippen LogP contribution in [-0.4, -0.2) is 25.1 Å². The molecule has 0 aliphatic carbocycles.